The molecule has 1 atom stereocenters. The smallest absolute Gasteiger partial charge is 0.113 e. The predicted octanol–water partition coefficient (Wildman–Crippen LogP) is 3.02. The van der Waals surface area contributed by atoms with Gasteiger partial charge in [-0.25, -0.2) is 4.68 Å². The van der Waals surface area contributed by atoms with Crippen molar-refractivity contribution in [2.75, 3.05) is 13.1 Å². The second-order valence-corrected chi connectivity index (χ2v) is 5.15. The van der Waals surface area contributed by atoms with E-state index in [-0.39, 0.29) is 6.04 Å². The van der Waals surface area contributed by atoms with Gasteiger partial charge < -0.3 is 5.32 Å². The molecule has 0 bridgehead atoms. The van der Waals surface area contributed by atoms with Crippen LogP contribution >= 0.6 is 0 Å². The van der Waals surface area contributed by atoms with Gasteiger partial charge in [-0.1, -0.05) is 54.6 Å². The minimum absolute atomic E-state index is 0.158. The molecule has 1 N–H and O–H groups in total. The average Bonchev–Trinajstić information content (AvgIpc) is 2.96. The number of hydrogen-bond donors (Lipinski definition) is 1. The number of aromatic nitrogens is 3. The highest BCUT2D eigenvalue weighted by atomic mass is 15.4. The molecule has 0 aliphatic heterocycles. The summed E-state index contributed by atoms with van der Waals surface area (Å²) in [5.74, 6) is 0. The van der Waals surface area contributed by atoms with Crippen molar-refractivity contribution in [1.29, 1.82) is 0 Å². The van der Waals surface area contributed by atoms with Gasteiger partial charge in [0, 0.05) is 6.54 Å². The molecule has 0 spiro atoms. The van der Waals surface area contributed by atoms with Crippen LogP contribution < -0.4 is 5.32 Å². The van der Waals surface area contributed by atoms with Crippen molar-refractivity contribution >= 4 is 11.0 Å². The number of hydrogen-bond acceptors (Lipinski definition) is 3. The van der Waals surface area contributed by atoms with Gasteiger partial charge in [-0.3, -0.25) is 0 Å². The first-order valence-electron chi connectivity index (χ1n) is 7.45. The Balaban J connectivity index is 1.98. The quantitative estimate of drug-likeness (QED) is 0.706. The van der Waals surface area contributed by atoms with Gasteiger partial charge in [0.25, 0.3) is 0 Å². The highest BCUT2D eigenvalue weighted by molar-refractivity contribution is 5.74. The van der Waals surface area contributed by atoms with Gasteiger partial charge >= 0.3 is 0 Å². The molecule has 3 aromatic rings. The van der Waals surface area contributed by atoms with E-state index < -0.39 is 0 Å². The van der Waals surface area contributed by atoms with E-state index in [9.17, 15) is 0 Å². The van der Waals surface area contributed by atoms with E-state index >= 15 is 0 Å². The molecule has 0 saturated carbocycles. The van der Waals surface area contributed by atoms with Gasteiger partial charge in [-0.2, -0.15) is 0 Å². The Morgan fingerprint density at radius 3 is 2.62 bits per heavy atom. The zero-order valence-corrected chi connectivity index (χ0v) is 12.2. The molecular weight excluding hydrogens is 260 g/mol. The third-order valence-electron chi connectivity index (χ3n) is 3.62. The van der Waals surface area contributed by atoms with E-state index in [0.29, 0.717) is 0 Å². The van der Waals surface area contributed by atoms with Crippen LogP contribution in [0.2, 0.25) is 0 Å². The summed E-state index contributed by atoms with van der Waals surface area (Å²) in [5.41, 5.74) is 3.26. The molecule has 3 rings (SSSR count). The van der Waals surface area contributed by atoms with E-state index in [1.807, 2.05) is 28.9 Å². The van der Waals surface area contributed by atoms with Crippen LogP contribution in [-0.2, 0) is 0 Å². The lowest BCUT2D eigenvalue weighted by molar-refractivity contribution is 0.480. The zero-order valence-electron chi connectivity index (χ0n) is 12.2. The molecule has 4 nitrogen and oxygen atoms in total. The Kier molecular flexibility index (Phi) is 4.26. The maximum atomic E-state index is 4.38. The van der Waals surface area contributed by atoms with E-state index in [4.69, 9.17) is 0 Å². The van der Waals surface area contributed by atoms with Crippen molar-refractivity contribution in [2.45, 2.75) is 19.4 Å². The van der Waals surface area contributed by atoms with Crippen molar-refractivity contribution < 1.29 is 0 Å². The monoisotopic (exact) mass is 280 g/mol. The Morgan fingerprint density at radius 1 is 1.05 bits per heavy atom. The highest BCUT2D eigenvalue weighted by Crippen LogP contribution is 2.21. The van der Waals surface area contributed by atoms with Crippen LogP contribution in [0.1, 0.15) is 24.9 Å². The summed E-state index contributed by atoms with van der Waals surface area (Å²) in [5, 5.41) is 12.2. The van der Waals surface area contributed by atoms with E-state index in [1.165, 1.54) is 5.56 Å². The van der Waals surface area contributed by atoms with Crippen molar-refractivity contribution in [1.82, 2.24) is 20.3 Å². The molecule has 1 aromatic heterocycles. The summed E-state index contributed by atoms with van der Waals surface area (Å²) in [4.78, 5) is 0. The van der Waals surface area contributed by atoms with Crippen LogP contribution in [0.5, 0.6) is 0 Å². The Bertz CT molecular complexity index is 690. The van der Waals surface area contributed by atoms with Crippen LogP contribution in [0, 0.1) is 0 Å². The van der Waals surface area contributed by atoms with E-state index in [0.717, 1.165) is 30.5 Å². The van der Waals surface area contributed by atoms with Crippen molar-refractivity contribution in [3.63, 3.8) is 0 Å². The second kappa shape index (κ2) is 6.50. The van der Waals surface area contributed by atoms with Crippen LogP contribution in [0.3, 0.4) is 0 Å². The number of nitrogens with zero attached hydrogens (tertiary/aromatic N) is 3. The molecular formula is C17H20N4. The number of benzene rings is 2. The average molecular weight is 280 g/mol. The maximum absolute atomic E-state index is 4.38. The molecule has 0 fully saturated rings. The zero-order chi connectivity index (χ0) is 14.5. The summed E-state index contributed by atoms with van der Waals surface area (Å²) in [6.45, 7) is 4.04. The molecule has 1 heterocycles. The molecule has 108 valence electrons. The third kappa shape index (κ3) is 2.95. The third-order valence-corrected chi connectivity index (χ3v) is 3.62. The van der Waals surface area contributed by atoms with E-state index in [2.05, 4.69) is 52.9 Å². The van der Waals surface area contributed by atoms with Crippen molar-refractivity contribution in [3.8, 4) is 0 Å². The molecule has 0 aliphatic carbocycles. The fourth-order valence-electron chi connectivity index (χ4n) is 2.55. The first-order valence-corrected chi connectivity index (χ1v) is 7.45. The normalized spacial score (nSPS) is 12.6. The van der Waals surface area contributed by atoms with Crippen LogP contribution in [-0.4, -0.2) is 28.1 Å². The van der Waals surface area contributed by atoms with Crippen molar-refractivity contribution in [3.05, 3.63) is 60.2 Å². The van der Waals surface area contributed by atoms with Crippen molar-refractivity contribution in [2.24, 2.45) is 0 Å². The molecule has 0 aliphatic rings. The lowest BCUT2D eigenvalue weighted by atomic mass is 10.1. The van der Waals surface area contributed by atoms with Crippen LogP contribution in [0.25, 0.3) is 11.0 Å². The molecule has 2 aromatic carbocycles. The SMILES string of the molecule is CCCNCC(c1ccccc1)n1nnc2ccccc21. The molecule has 0 saturated heterocycles. The lowest BCUT2D eigenvalue weighted by Gasteiger charge is -2.19. The number of nitrogens with one attached hydrogen (secondary N) is 1. The van der Waals surface area contributed by atoms with Gasteiger partial charge in [0.05, 0.1) is 11.6 Å². The van der Waals surface area contributed by atoms with Gasteiger partial charge in [-0.15, -0.1) is 5.10 Å². The summed E-state index contributed by atoms with van der Waals surface area (Å²) < 4.78 is 2.02. The first-order chi connectivity index (χ1) is 10.4. The van der Waals surface area contributed by atoms with Crippen LogP contribution in [0.15, 0.2) is 54.6 Å². The summed E-state index contributed by atoms with van der Waals surface area (Å²) >= 11 is 0. The maximum Gasteiger partial charge on any atom is 0.113 e. The van der Waals surface area contributed by atoms with Gasteiger partial charge in [0.15, 0.2) is 0 Å². The number of rotatable bonds is 6. The summed E-state index contributed by atoms with van der Waals surface area (Å²) in [7, 11) is 0. The number of fused-ring (bicyclic) bond motifs is 1. The van der Waals surface area contributed by atoms with Crippen LogP contribution in [0.4, 0.5) is 0 Å². The molecule has 0 amide bonds. The Morgan fingerprint density at radius 2 is 1.81 bits per heavy atom. The largest absolute Gasteiger partial charge is 0.314 e. The summed E-state index contributed by atoms with van der Waals surface area (Å²) in [6.07, 6.45) is 1.12. The molecule has 4 heteroatoms. The second-order valence-electron chi connectivity index (χ2n) is 5.15. The molecule has 1 unspecified atom stereocenters. The van der Waals surface area contributed by atoms with Gasteiger partial charge in [-0.05, 0) is 30.7 Å². The topological polar surface area (TPSA) is 42.7 Å². The molecule has 21 heavy (non-hydrogen) atoms. The highest BCUT2D eigenvalue weighted by Gasteiger charge is 2.17. The fraction of sp³-hybridized carbons (Fsp3) is 0.294. The minimum Gasteiger partial charge on any atom is -0.314 e. The Labute approximate surface area is 124 Å². The van der Waals surface area contributed by atoms with Gasteiger partial charge in [0.2, 0.25) is 0 Å². The van der Waals surface area contributed by atoms with E-state index in [1.54, 1.807) is 0 Å². The van der Waals surface area contributed by atoms with Gasteiger partial charge in [0.1, 0.15) is 5.52 Å². The summed E-state index contributed by atoms with van der Waals surface area (Å²) in [6, 6.07) is 18.7. The first kappa shape index (κ1) is 13.8. The lowest BCUT2D eigenvalue weighted by Crippen LogP contribution is -2.27. The fourth-order valence-corrected chi connectivity index (χ4v) is 2.55. The minimum atomic E-state index is 0.158. The predicted molar refractivity (Wildman–Crippen MR) is 85.3 cm³/mol. The molecule has 0 radical (unpaired) electrons. The Hall–Kier alpha value is -2.20. The standard InChI is InChI=1S/C17H20N4/c1-2-12-18-13-17(14-8-4-3-5-9-14)21-16-11-7-6-10-15(16)19-20-21/h3-11,17-18H,2,12-13H2,1H3. The number of para-hydroxylation sites is 1.